The van der Waals surface area contributed by atoms with Gasteiger partial charge in [0.25, 0.3) is 0 Å². The molecule has 1 amide bonds. The molecular formula is C13H15ClF3N3O2. The van der Waals surface area contributed by atoms with Gasteiger partial charge in [-0.25, -0.2) is 4.98 Å². The summed E-state index contributed by atoms with van der Waals surface area (Å²) in [6.07, 6.45) is -3.59. The Labute approximate surface area is 130 Å². The van der Waals surface area contributed by atoms with Gasteiger partial charge >= 0.3 is 6.18 Å². The number of carbonyl (C=O) groups is 1. The van der Waals surface area contributed by atoms with Crippen LogP contribution in [0.1, 0.15) is 18.4 Å². The number of amides is 1. The third-order valence-electron chi connectivity index (χ3n) is 3.32. The molecule has 0 aliphatic carbocycles. The van der Waals surface area contributed by atoms with Crippen molar-refractivity contribution >= 4 is 23.3 Å². The molecule has 0 saturated carbocycles. The van der Waals surface area contributed by atoms with E-state index in [1.54, 1.807) is 4.90 Å². The number of aromatic nitrogens is 1. The Balaban J connectivity index is 1.86. The maximum atomic E-state index is 12.5. The normalized spacial score (nSPS) is 18.6. The van der Waals surface area contributed by atoms with Gasteiger partial charge in [-0.3, -0.25) is 4.79 Å². The van der Waals surface area contributed by atoms with Crippen LogP contribution in [0.3, 0.4) is 0 Å². The molecule has 1 fully saturated rings. The molecule has 2 rings (SSSR count). The third kappa shape index (κ3) is 4.23. The van der Waals surface area contributed by atoms with Crippen molar-refractivity contribution in [1.82, 2.24) is 9.88 Å². The van der Waals surface area contributed by atoms with Gasteiger partial charge in [0.2, 0.25) is 5.91 Å². The van der Waals surface area contributed by atoms with Gasteiger partial charge in [-0.05, 0) is 12.5 Å². The predicted molar refractivity (Wildman–Crippen MR) is 74.6 cm³/mol. The number of aliphatic hydroxyl groups excluding tert-OH is 1. The number of hydrogen-bond acceptors (Lipinski definition) is 4. The fourth-order valence-electron chi connectivity index (χ4n) is 2.14. The van der Waals surface area contributed by atoms with E-state index in [4.69, 9.17) is 11.6 Å². The van der Waals surface area contributed by atoms with Crippen LogP contribution in [0.25, 0.3) is 0 Å². The van der Waals surface area contributed by atoms with Crippen LogP contribution < -0.4 is 5.32 Å². The summed E-state index contributed by atoms with van der Waals surface area (Å²) in [4.78, 5) is 17.0. The summed E-state index contributed by atoms with van der Waals surface area (Å²) < 4.78 is 37.4. The number of anilines is 1. The number of carbonyl (C=O) groups excluding carboxylic acids is 1. The van der Waals surface area contributed by atoms with E-state index in [2.05, 4.69) is 10.3 Å². The lowest BCUT2D eigenvalue weighted by atomic mass is 10.2. The molecule has 1 aliphatic rings. The summed E-state index contributed by atoms with van der Waals surface area (Å²) >= 11 is 5.74. The smallest absolute Gasteiger partial charge is 0.391 e. The zero-order chi connectivity index (χ0) is 16.3. The second-order valence-electron chi connectivity index (χ2n) is 5.01. The predicted octanol–water partition coefficient (Wildman–Crippen LogP) is 2.15. The highest BCUT2D eigenvalue weighted by Crippen LogP contribution is 2.32. The van der Waals surface area contributed by atoms with Crippen molar-refractivity contribution in [2.75, 3.05) is 25.0 Å². The van der Waals surface area contributed by atoms with E-state index < -0.39 is 17.8 Å². The molecule has 9 heteroatoms. The van der Waals surface area contributed by atoms with E-state index in [1.807, 2.05) is 0 Å². The Hall–Kier alpha value is -1.54. The number of nitrogens with zero attached hydrogens (tertiary/aromatic N) is 2. The van der Waals surface area contributed by atoms with Crippen molar-refractivity contribution in [2.45, 2.75) is 25.1 Å². The molecule has 1 aromatic heterocycles. The molecule has 0 spiro atoms. The molecule has 5 nitrogen and oxygen atoms in total. The summed E-state index contributed by atoms with van der Waals surface area (Å²) in [6.45, 7) is 1.03. The molecule has 1 aromatic rings. The molecule has 1 aliphatic heterocycles. The van der Waals surface area contributed by atoms with Crippen LogP contribution in [-0.4, -0.2) is 46.6 Å². The van der Waals surface area contributed by atoms with E-state index in [9.17, 15) is 23.1 Å². The quantitative estimate of drug-likeness (QED) is 0.883. The average Bonchev–Trinajstić information content (AvgIpc) is 2.86. The lowest BCUT2D eigenvalue weighted by Crippen LogP contribution is -2.30. The van der Waals surface area contributed by atoms with E-state index in [0.717, 1.165) is 6.07 Å². The largest absolute Gasteiger partial charge is 0.417 e. The minimum absolute atomic E-state index is 0.101. The number of alkyl halides is 3. The monoisotopic (exact) mass is 337 g/mol. The minimum Gasteiger partial charge on any atom is -0.391 e. The van der Waals surface area contributed by atoms with Gasteiger partial charge in [0.1, 0.15) is 5.82 Å². The van der Waals surface area contributed by atoms with Gasteiger partial charge in [0.15, 0.2) is 0 Å². The van der Waals surface area contributed by atoms with Gasteiger partial charge in [-0.2, -0.15) is 13.2 Å². The number of hydrogen-bond donors (Lipinski definition) is 2. The average molecular weight is 338 g/mol. The molecule has 0 unspecified atom stereocenters. The first-order chi connectivity index (χ1) is 10.3. The lowest BCUT2D eigenvalue weighted by Gasteiger charge is -2.16. The van der Waals surface area contributed by atoms with Gasteiger partial charge in [0.05, 0.1) is 16.7 Å². The fraction of sp³-hybridized carbons (Fsp3) is 0.538. The number of halogens is 4. The van der Waals surface area contributed by atoms with E-state index >= 15 is 0 Å². The SMILES string of the molecule is O=C(CCNc1ncc(C(F)(F)F)cc1Cl)N1CC[C@H](O)C1. The first kappa shape index (κ1) is 16.8. The van der Waals surface area contributed by atoms with Gasteiger partial charge in [-0.1, -0.05) is 11.6 Å². The summed E-state index contributed by atoms with van der Waals surface area (Å²) in [6, 6.07) is 0.787. The van der Waals surface area contributed by atoms with Crippen molar-refractivity contribution in [2.24, 2.45) is 0 Å². The Bertz CT molecular complexity index is 554. The van der Waals surface area contributed by atoms with Crippen molar-refractivity contribution < 1.29 is 23.1 Å². The Morgan fingerprint density at radius 1 is 1.55 bits per heavy atom. The summed E-state index contributed by atoms with van der Waals surface area (Å²) in [5.41, 5.74) is -0.926. The number of β-amino-alcohol motifs (C(OH)–C–C–N with tert-alkyl or cyclic N) is 1. The molecule has 1 atom stereocenters. The first-order valence-corrected chi connectivity index (χ1v) is 7.07. The van der Waals surface area contributed by atoms with Crippen LogP contribution in [-0.2, 0) is 11.0 Å². The molecule has 122 valence electrons. The number of aliphatic hydroxyl groups is 1. The molecule has 0 bridgehead atoms. The second-order valence-corrected chi connectivity index (χ2v) is 5.42. The van der Waals surface area contributed by atoms with Crippen molar-refractivity contribution in [3.05, 3.63) is 22.8 Å². The van der Waals surface area contributed by atoms with Crippen LogP contribution in [0.2, 0.25) is 5.02 Å². The standard InChI is InChI=1S/C13H15ClF3N3O2/c14-10-5-8(13(15,16)17)6-19-12(10)18-3-1-11(22)20-4-2-9(21)7-20/h5-6,9,21H,1-4,7H2,(H,18,19)/t9-/m0/s1. The molecular weight excluding hydrogens is 323 g/mol. The van der Waals surface area contributed by atoms with Crippen molar-refractivity contribution in [3.8, 4) is 0 Å². The molecule has 0 aromatic carbocycles. The molecule has 2 heterocycles. The number of likely N-dealkylation sites (tertiary alicyclic amines) is 1. The Morgan fingerprint density at radius 2 is 2.27 bits per heavy atom. The van der Waals surface area contributed by atoms with Crippen LogP contribution in [0.4, 0.5) is 19.0 Å². The highest BCUT2D eigenvalue weighted by molar-refractivity contribution is 6.32. The number of pyridine rings is 1. The zero-order valence-corrected chi connectivity index (χ0v) is 12.3. The fourth-order valence-corrected chi connectivity index (χ4v) is 2.37. The van der Waals surface area contributed by atoms with Crippen LogP contribution in [0.5, 0.6) is 0 Å². The summed E-state index contributed by atoms with van der Waals surface area (Å²) in [7, 11) is 0. The van der Waals surface area contributed by atoms with E-state index in [0.29, 0.717) is 25.7 Å². The topological polar surface area (TPSA) is 65.5 Å². The van der Waals surface area contributed by atoms with E-state index in [-0.39, 0.29) is 29.7 Å². The Morgan fingerprint density at radius 3 is 2.82 bits per heavy atom. The third-order valence-corrected chi connectivity index (χ3v) is 3.60. The highest BCUT2D eigenvalue weighted by atomic mass is 35.5. The Kier molecular flexibility index (Phi) is 5.12. The second kappa shape index (κ2) is 6.70. The number of rotatable bonds is 4. The van der Waals surface area contributed by atoms with Crippen LogP contribution in [0.15, 0.2) is 12.3 Å². The minimum atomic E-state index is -4.50. The highest BCUT2D eigenvalue weighted by Gasteiger charge is 2.31. The summed E-state index contributed by atoms with van der Waals surface area (Å²) in [5.74, 6) is -0.0315. The van der Waals surface area contributed by atoms with Gasteiger partial charge < -0.3 is 15.3 Å². The van der Waals surface area contributed by atoms with Gasteiger partial charge in [0, 0.05) is 32.3 Å². The van der Waals surface area contributed by atoms with Crippen molar-refractivity contribution in [1.29, 1.82) is 0 Å². The maximum absolute atomic E-state index is 12.5. The molecule has 1 saturated heterocycles. The molecule has 0 radical (unpaired) electrons. The molecule has 2 N–H and O–H groups in total. The van der Waals surface area contributed by atoms with Gasteiger partial charge in [-0.15, -0.1) is 0 Å². The number of nitrogens with one attached hydrogen (secondary N) is 1. The van der Waals surface area contributed by atoms with Crippen molar-refractivity contribution in [3.63, 3.8) is 0 Å². The summed E-state index contributed by atoms with van der Waals surface area (Å²) in [5, 5.41) is 11.9. The maximum Gasteiger partial charge on any atom is 0.417 e. The zero-order valence-electron chi connectivity index (χ0n) is 11.5. The molecule has 22 heavy (non-hydrogen) atoms. The first-order valence-electron chi connectivity index (χ1n) is 6.70. The van der Waals surface area contributed by atoms with Crippen LogP contribution in [0, 0.1) is 0 Å². The lowest BCUT2D eigenvalue weighted by molar-refractivity contribution is -0.137. The van der Waals surface area contributed by atoms with Crippen LogP contribution >= 0.6 is 11.6 Å². The van der Waals surface area contributed by atoms with E-state index in [1.165, 1.54) is 0 Å².